The van der Waals surface area contributed by atoms with Gasteiger partial charge in [-0.25, -0.2) is 8.78 Å². The lowest BCUT2D eigenvalue weighted by Crippen LogP contribution is -2.62. The van der Waals surface area contributed by atoms with Crippen LogP contribution in [0.5, 0.6) is 0 Å². The third-order valence-electron chi connectivity index (χ3n) is 20.6. The van der Waals surface area contributed by atoms with Crippen LogP contribution in [0.3, 0.4) is 0 Å². The van der Waals surface area contributed by atoms with Crippen molar-refractivity contribution in [2.24, 2.45) is 62.6 Å². The SMILES string of the molecule is C.C.C.C.C.C.CCC(C)(C)C(=O)OC12CC3CC(C1)CC(C(=O)OCC(F)(F)F)(C3)C2.CCC(C)(C)C(=O)OC12CC3CC(C1)CC(C(=O)OCCC(F)(F)CC(F)(F)C(F)(F)F)(C3)C2.CCC(C)(C)C(=O)OC12CC3CC(CC(OCC(F)(F)F)(C3)C1)C2. The quantitative estimate of drug-likeness (QED) is 0.0693. The maximum atomic E-state index is 13.8. The van der Waals surface area contributed by atoms with Crippen molar-refractivity contribution in [3.05, 3.63) is 0 Å². The summed E-state index contributed by atoms with van der Waals surface area (Å²) in [5, 5.41) is 0. The Balaban J connectivity index is 0.000000663. The highest BCUT2D eigenvalue weighted by atomic mass is 19.4. The summed E-state index contributed by atoms with van der Waals surface area (Å²) >= 11 is 0. The van der Waals surface area contributed by atoms with Gasteiger partial charge in [0.25, 0.3) is 5.92 Å². The lowest BCUT2D eigenvalue weighted by atomic mass is 9.48. The molecule has 12 fully saturated rings. The fourth-order valence-electron chi connectivity index (χ4n) is 16.4. The first-order valence-corrected chi connectivity index (χ1v) is 29.8. The Morgan fingerprint density at radius 3 is 0.989 bits per heavy atom. The predicted octanol–water partition coefficient (Wildman–Crippen LogP) is 19.3. The lowest BCUT2D eigenvalue weighted by Gasteiger charge is -2.61. The van der Waals surface area contributed by atoms with Crippen LogP contribution in [-0.4, -0.2) is 102 Å². The molecule has 0 aromatic carbocycles. The van der Waals surface area contributed by atoms with Gasteiger partial charge in [0.2, 0.25) is 0 Å². The van der Waals surface area contributed by atoms with Gasteiger partial charge in [-0.3, -0.25) is 24.0 Å². The molecule has 0 saturated heterocycles. The molecule has 90 heavy (non-hydrogen) atoms. The van der Waals surface area contributed by atoms with E-state index in [0.29, 0.717) is 102 Å². The van der Waals surface area contributed by atoms with Crippen LogP contribution >= 0.6 is 0 Å². The molecular weight excluding hydrogens is 1220 g/mol. The van der Waals surface area contributed by atoms with Crippen LogP contribution < -0.4 is 0 Å². The molecule has 24 heteroatoms. The summed E-state index contributed by atoms with van der Waals surface area (Å²) in [5.74, 6) is -11.2. The van der Waals surface area contributed by atoms with Crippen LogP contribution in [0.25, 0.3) is 0 Å². The Kier molecular flexibility index (Phi) is 27.0. The van der Waals surface area contributed by atoms with Crippen LogP contribution in [0.2, 0.25) is 0 Å². The zero-order valence-electron chi connectivity index (χ0n) is 49.8. The molecule has 12 aliphatic rings. The van der Waals surface area contributed by atoms with Crippen LogP contribution in [-0.2, 0) is 52.4 Å². The third-order valence-corrected chi connectivity index (χ3v) is 20.6. The van der Waals surface area contributed by atoms with E-state index in [9.17, 15) is 81.0 Å². The van der Waals surface area contributed by atoms with Crippen molar-refractivity contribution in [3.63, 3.8) is 0 Å². The summed E-state index contributed by atoms with van der Waals surface area (Å²) in [5.41, 5.74) is -6.83. The minimum atomic E-state index is -6.09. The summed E-state index contributed by atoms with van der Waals surface area (Å²) in [6.07, 6.45) is -6.08. The number of hydrogen-bond donors (Lipinski definition) is 0. The summed E-state index contributed by atoms with van der Waals surface area (Å²) in [4.78, 5) is 63.5. The molecule has 0 amide bonds. The van der Waals surface area contributed by atoms with Crippen molar-refractivity contribution < 1.29 is 109 Å². The van der Waals surface area contributed by atoms with Gasteiger partial charge in [-0.2, -0.15) is 48.3 Å². The Morgan fingerprint density at radius 1 is 0.400 bits per heavy atom. The number of carbonyl (C=O) groups excluding carboxylic acids is 5. The number of halogens is 13. The standard InChI is InChI=1S/C23H31F7O4.C19H27F3O4.C18H27F3O3.6CH4/c1-4-18(2,3)16(31)34-20-10-14-7-15(11-20)9-19(8-14,12-20)17(32)33-6-5-21(24,25)13-22(26,27)23(28,29)30;1-4-16(2,3)14(23)26-18-8-12-5-13(9-18)7-17(6-12,10-18)15(24)25-11-19(20,21)22;1-4-15(2,3)14(22)24-17-8-12-5-13(9-17)7-16(6-12,10-17)23-11-18(19,20)21;;;;;;/h14-15H,4-13H2,1-3H3;12-13H,4-11H2,1-3H3;12-13H,4-11H2,1-3H3;6*1H4. The molecule has 0 heterocycles. The summed E-state index contributed by atoms with van der Waals surface area (Å²) < 4.78 is 199. The van der Waals surface area contributed by atoms with Crippen molar-refractivity contribution in [2.75, 3.05) is 19.8 Å². The molecule has 12 aliphatic carbocycles. The highest BCUT2D eigenvalue weighted by Crippen LogP contribution is 2.66. The Hall–Kier alpha value is -3.60. The minimum Gasteiger partial charge on any atom is -0.465 e. The van der Waals surface area contributed by atoms with Gasteiger partial charge in [0.05, 0.1) is 45.7 Å². The van der Waals surface area contributed by atoms with E-state index in [2.05, 4.69) is 4.74 Å². The largest absolute Gasteiger partial charge is 0.465 e. The maximum Gasteiger partial charge on any atom is 0.453 e. The van der Waals surface area contributed by atoms with Crippen molar-refractivity contribution >= 4 is 29.8 Å². The topological polar surface area (TPSA) is 141 Å². The van der Waals surface area contributed by atoms with Gasteiger partial charge in [0.15, 0.2) is 6.61 Å². The first kappa shape index (κ1) is 84.4. The van der Waals surface area contributed by atoms with Gasteiger partial charge in [-0.15, -0.1) is 0 Å². The van der Waals surface area contributed by atoms with Crippen LogP contribution in [0, 0.1) is 62.6 Å². The zero-order valence-corrected chi connectivity index (χ0v) is 49.8. The van der Waals surface area contributed by atoms with E-state index in [4.69, 9.17) is 23.7 Å². The summed E-state index contributed by atoms with van der Waals surface area (Å²) in [6, 6.07) is 0. The average molecular weight is 1330 g/mol. The van der Waals surface area contributed by atoms with E-state index in [1.165, 1.54) is 0 Å². The number of hydrogen-bond acceptors (Lipinski definition) is 11. The predicted molar refractivity (Wildman–Crippen MR) is 316 cm³/mol. The highest BCUT2D eigenvalue weighted by molar-refractivity contribution is 5.80. The number of esters is 5. The van der Waals surface area contributed by atoms with Crippen LogP contribution in [0.15, 0.2) is 0 Å². The van der Waals surface area contributed by atoms with Crippen molar-refractivity contribution in [3.8, 4) is 0 Å². The van der Waals surface area contributed by atoms with E-state index >= 15 is 0 Å². The molecule has 11 nitrogen and oxygen atoms in total. The van der Waals surface area contributed by atoms with Gasteiger partial charge in [0.1, 0.15) is 23.4 Å². The Labute approximate surface area is 527 Å². The summed E-state index contributed by atoms with van der Waals surface area (Å²) in [6.45, 7) is 12.8. The minimum absolute atomic E-state index is 0. The molecule has 0 N–H and O–H groups in total. The van der Waals surface area contributed by atoms with E-state index < -0.39 is 124 Å². The van der Waals surface area contributed by atoms with E-state index in [1.807, 2.05) is 48.5 Å². The van der Waals surface area contributed by atoms with E-state index in [-0.39, 0.29) is 99.0 Å². The van der Waals surface area contributed by atoms with Gasteiger partial charge >= 0.3 is 54.3 Å². The third kappa shape index (κ3) is 19.1. The van der Waals surface area contributed by atoms with Crippen molar-refractivity contribution in [1.29, 1.82) is 0 Å². The van der Waals surface area contributed by atoms with E-state index in [1.54, 1.807) is 13.8 Å². The fourth-order valence-corrected chi connectivity index (χ4v) is 16.4. The molecule has 12 saturated carbocycles. The first-order valence-electron chi connectivity index (χ1n) is 29.8. The zero-order chi connectivity index (χ0) is 63.0. The van der Waals surface area contributed by atoms with E-state index in [0.717, 1.165) is 32.1 Å². The normalized spacial score (nSPS) is 32.6. The Bertz CT molecular complexity index is 2390. The number of alkyl halides is 13. The summed E-state index contributed by atoms with van der Waals surface area (Å²) in [7, 11) is 0. The smallest absolute Gasteiger partial charge is 0.453 e. The average Bonchev–Trinajstić information content (AvgIpc) is 0.738. The molecule has 6 atom stereocenters. The fraction of sp³-hybridized carbons (Fsp3) is 0.924. The molecule has 0 aromatic rings. The molecule has 12 rings (SSSR count). The Morgan fingerprint density at radius 2 is 0.689 bits per heavy atom. The number of rotatable bonds is 19. The number of ether oxygens (including phenoxy) is 6. The molecule has 530 valence electrons. The van der Waals surface area contributed by atoms with Gasteiger partial charge < -0.3 is 28.4 Å². The molecule has 0 radical (unpaired) electrons. The molecular formula is C66H109F13O11. The van der Waals surface area contributed by atoms with Crippen molar-refractivity contribution in [2.45, 2.75) is 307 Å². The van der Waals surface area contributed by atoms with Gasteiger partial charge in [-0.05, 0) is 193 Å². The van der Waals surface area contributed by atoms with Crippen molar-refractivity contribution in [1.82, 2.24) is 0 Å². The first-order chi connectivity index (χ1) is 38.2. The molecule has 0 aromatic heterocycles. The second-order valence-corrected chi connectivity index (χ2v) is 29.3. The number of carbonyl (C=O) groups is 5. The van der Waals surface area contributed by atoms with Gasteiger partial charge in [-0.1, -0.05) is 65.3 Å². The highest BCUT2D eigenvalue weighted by Gasteiger charge is 2.67. The molecule has 0 spiro atoms. The second-order valence-electron chi connectivity index (χ2n) is 29.3. The molecule has 6 unspecified atom stereocenters. The second kappa shape index (κ2) is 28.8. The van der Waals surface area contributed by atoms with Crippen LogP contribution in [0.1, 0.15) is 255 Å². The lowest BCUT2D eigenvalue weighted by molar-refractivity contribution is -0.301. The maximum absolute atomic E-state index is 13.8. The van der Waals surface area contributed by atoms with Gasteiger partial charge in [0, 0.05) is 25.7 Å². The monoisotopic (exact) mass is 1320 g/mol. The van der Waals surface area contributed by atoms with Crippen LogP contribution in [0.4, 0.5) is 57.1 Å². The molecule has 12 bridgehead atoms. The molecule has 0 aliphatic heterocycles.